The molecule has 4 heteroatoms. The summed E-state index contributed by atoms with van der Waals surface area (Å²) < 4.78 is 11.8. The molecule has 1 aliphatic rings. The fourth-order valence-corrected chi connectivity index (χ4v) is 4.53. The lowest BCUT2D eigenvalue weighted by atomic mass is 9.96. The Morgan fingerprint density at radius 2 is 1.68 bits per heavy atom. The Bertz CT molecular complexity index is 251. The van der Waals surface area contributed by atoms with Gasteiger partial charge in [0.05, 0.1) is 0 Å². The third-order valence-corrected chi connectivity index (χ3v) is 5.17. The summed E-state index contributed by atoms with van der Waals surface area (Å²) in [6.45, 7) is 6.69. The van der Waals surface area contributed by atoms with E-state index in [0.717, 1.165) is 0 Å². The van der Waals surface area contributed by atoms with Crippen LogP contribution < -0.4 is 0 Å². The first-order valence-corrected chi connectivity index (χ1v) is 12.2. The van der Waals surface area contributed by atoms with E-state index in [1.54, 1.807) is 5.57 Å². The van der Waals surface area contributed by atoms with Crippen LogP contribution in [0.15, 0.2) is 11.6 Å². The first-order valence-electron chi connectivity index (χ1n) is 8.19. The minimum absolute atomic E-state index is 0.0851. The Hall–Kier alpha value is 0.0938. The van der Waals surface area contributed by atoms with Gasteiger partial charge in [0.2, 0.25) is 0 Å². The highest BCUT2D eigenvalue weighted by Crippen LogP contribution is 2.25. The second-order valence-corrected chi connectivity index (χ2v) is 7.45. The van der Waals surface area contributed by atoms with Gasteiger partial charge in [0.25, 0.3) is 0 Å². The van der Waals surface area contributed by atoms with E-state index in [1.807, 2.05) is 0 Å². The van der Waals surface area contributed by atoms with E-state index in [9.17, 15) is 0 Å². The molecule has 0 fully saturated rings. The van der Waals surface area contributed by atoms with Crippen LogP contribution in [0.1, 0.15) is 58.3 Å². The molecule has 0 saturated carbocycles. The molecule has 0 bridgehead atoms. The van der Waals surface area contributed by atoms with Gasteiger partial charge in [0.1, 0.15) is 6.29 Å². The van der Waals surface area contributed by atoms with Crippen molar-refractivity contribution >= 4 is 19.5 Å². The Morgan fingerprint density at radius 1 is 1.05 bits per heavy atom. The Labute approximate surface area is 124 Å². The molecule has 19 heavy (non-hydrogen) atoms. The highest BCUT2D eigenvalue weighted by atomic mass is 28.2. The average Bonchev–Trinajstić information content (AvgIpc) is 2.52. The first kappa shape index (κ1) is 17.1. The second-order valence-electron chi connectivity index (χ2n) is 5.63. The molecule has 1 unspecified atom stereocenters. The maximum absolute atomic E-state index is 5.89. The Kier molecular flexibility index (Phi) is 9.77. The monoisotopic (exact) mass is 300 g/mol. The minimum atomic E-state index is -0.374. The minimum Gasteiger partial charge on any atom is -0.400 e. The summed E-state index contributed by atoms with van der Waals surface area (Å²) in [5, 5.41) is 0. The molecular formula is C15H32O2Si2. The molecule has 0 spiro atoms. The molecule has 0 amide bonds. The molecule has 0 heterocycles. The van der Waals surface area contributed by atoms with Gasteiger partial charge in [-0.2, -0.15) is 0 Å². The lowest BCUT2D eigenvalue weighted by Gasteiger charge is -2.25. The van der Waals surface area contributed by atoms with Gasteiger partial charge in [-0.15, -0.1) is 0 Å². The maximum atomic E-state index is 5.89. The van der Waals surface area contributed by atoms with Crippen LogP contribution in [0.2, 0.25) is 13.1 Å². The van der Waals surface area contributed by atoms with E-state index >= 15 is 0 Å². The van der Waals surface area contributed by atoms with Crippen molar-refractivity contribution < 1.29 is 8.85 Å². The highest BCUT2D eigenvalue weighted by molar-refractivity contribution is 6.26. The predicted molar refractivity (Wildman–Crippen MR) is 89.0 cm³/mol. The summed E-state index contributed by atoms with van der Waals surface area (Å²) in [5.74, 6) is 0.520. The number of hydrogen-bond acceptors (Lipinski definition) is 2. The van der Waals surface area contributed by atoms with Crippen LogP contribution in [0, 0.1) is 5.92 Å². The zero-order valence-electron chi connectivity index (χ0n) is 13.1. The van der Waals surface area contributed by atoms with Crippen LogP contribution in [0.5, 0.6) is 0 Å². The van der Waals surface area contributed by atoms with E-state index in [4.69, 9.17) is 8.85 Å². The molecule has 0 aromatic carbocycles. The van der Waals surface area contributed by atoms with Crippen LogP contribution in [0.4, 0.5) is 0 Å². The van der Waals surface area contributed by atoms with Crippen molar-refractivity contribution in [1.82, 2.24) is 0 Å². The zero-order valence-corrected chi connectivity index (χ0v) is 15.9. The van der Waals surface area contributed by atoms with Crippen molar-refractivity contribution in [3.63, 3.8) is 0 Å². The van der Waals surface area contributed by atoms with E-state index in [1.165, 1.54) is 51.4 Å². The molecule has 0 aliphatic heterocycles. The Morgan fingerprint density at radius 3 is 2.37 bits per heavy atom. The number of hydrogen-bond donors (Lipinski definition) is 0. The van der Waals surface area contributed by atoms with Gasteiger partial charge in [-0.1, -0.05) is 50.9 Å². The zero-order chi connectivity index (χ0) is 13.9. The molecule has 2 nitrogen and oxygen atoms in total. The van der Waals surface area contributed by atoms with Gasteiger partial charge in [0.15, 0.2) is 19.5 Å². The van der Waals surface area contributed by atoms with Crippen molar-refractivity contribution in [2.24, 2.45) is 5.92 Å². The van der Waals surface area contributed by atoms with Gasteiger partial charge in [-0.3, -0.25) is 0 Å². The van der Waals surface area contributed by atoms with Crippen molar-refractivity contribution in [3.8, 4) is 0 Å². The fraction of sp³-hybridized carbons (Fsp3) is 0.867. The molecule has 1 atom stereocenters. The van der Waals surface area contributed by atoms with E-state index in [-0.39, 0.29) is 25.8 Å². The summed E-state index contributed by atoms with van der Waals surface area (Å²) >= 11 is 0. The van der Waals surface area contributed by atoms with Crippen molar-refractivity contribution in [3.05, 3.63) is 11.6 Å². The van der Waals surface area contributed by atoms with Gasteiger partial charge >= 0.3 is 0 Å². The molecule has 1 aliphatic carbocycles. The smallest absolute Gasteiger partial charge is 0.161 e. The second kappa shape index (κ2) is 10.8. The van der Waals surface area contributed by atoms with Crippen LogP contribution >= 0.6 is 0 Å². The molecular weight excluding hydrogens is 268 g/mol. The number of allylic oxidation sites excluding steroid dienone is 2. The molecule has 0 aromatic heterocycles. The van der Waals surface area contributed by atoms with E-state index in [2.05, 4.69) is 26.1 Å². The molecule has 0 N–H and O–H groups in total. The third-order valence-electron chi connectivity index (χ3n) is 3.85. The van der Waals surface area contributed by atoms with Crippen LogP contribution in [0.3, 0.4) is 0 Å². The molecule has 0 radical (unpaired) electrons. The molecule has 0 saturated heterocycles. The van der Waals surface area contributed by atoms with Crippen LogP contribution in [-0.4, -0.2) is 25.8 Å². The number of rotatable bonds is 7. The quantitative estimate of drug-likeness (QED) is 0.408. The van der Waals surface area contributed by atoms with Gasteiger partial charge in [-0.05, 0) is 32.1 Å². The van der Waals surface area contributed by atoms with Gasteiger partial charge in [0, 0.05) is 5.92 Å². The predicted octanol–water partition coefficient (Wildman–Crippen LogP) is 3.31. The van der Waals surface area contributed by atoms with Crippen molar-refractivity contribution in [1.29, 1.82) is 0 Å². The molecule has 0 aromatic rings. The standard InChI is InChI=1S/C15H32O2Si2/c1-13(15(16-18-2)17-19-3)12-14-10-8-6-4-5-7-9-11-14/h10,13,15H,4-9,11-12,18-19H2,1-3H3. The largest absolute Gasteiger partial charge is 0.400 e. The van der Waals surface area contributed by atoms with Gasteiger partial charge < -0.3 is 8.85 Å². The maximum Gasteiger partial charge on any atom is 0.161 e. The van der Waals surface area contributed by atoms with Crippen molar-refractivity contribution in [2.75, 3.05) is 0 Å². The summed E-state index contributed by atoms with van der Waals surface area (Å²) in [7, 11) is -0.749. The lowest BCUT2D eigenvalue weighted by Crippen LogP contribution is -2.27. The molecule has 112 valence electrons. The summed E-state index contributed by atoms with van der Waals surface area (Å²) in [6, 6.07) is 0. The summed E-state index contributed by atoms with van der Waals surface area (Å²) in [4.78, 5) is 0. The normalized spacial score (nSPS) is 22.2. The van der Waals surface area contributed by atoms with Crippen molar-refractivity contribution in [2.45, 2.75) is 77.7 Å². The fourth-order valence-electron chi connectivity index (χ4n) is 2.84. The summed E-state index contributed by atoms with van der Waals surface area (Å²) in [6.07, 6.45) is 13.3. The SMILES string of the molecule is C[SiH2]OC(O[SiH2]C)C(C)CC1=CCCCCCCC1. The first-order chi connectivity index (χ1) is 9.27. The summed E-state index contributed by atoms with van der Waals surface area (Å²) in [5.41, 5.74) is 1.65. The average molecular weight is 301 g/mol. The lowest BCUT2D eigenvalue weighted by molar-refractivity contribution is -0.0313. The molecule has 1 rings (SSSR count). The van der Waals surface area contributed by atoms with Gasteiger partial charge in [-0.25, -0.2) is 0 Å². The third kappa shape index (κ3) is 7.44. The van der Waals surface area contributed by atoms with E-state index < -0.39 is 0 Å². The topological polar surface area (TPSA) is 18.5 Å². The van der Waals surface area contributed by atoms with Crippen LogP contribution in [-0.2, 0) is 8.85 Å². The van der Waals surface area contributed by atoms with E-state index in [0.29, 0.717) is 5.92 Å². The van der Waals surface area contributed by atoms with Crippen LogP contribution in [0.25, 0.3) is 0 Å². The Balaban J connectivity index is 2.48. The highest BCUT2D eigenvalue weighted by Gasteiger charge is 2.18.